The first-order valence-electron chi connectivity index (χ1n) is 15.0. The molecule has 2 bridgehead atoms. The molecule has 3 aliphatic heterocycles. The van der Waals surface area contributed by atoms with Crippen molar-refractivity contribution >= 4 is 23.4 Å². The third-order valence-corrected chi connectivity index (χ3v) is 9.67. The van der Waals surface area contributed by atoms with Crippen molar-refractivity contribution in [3.63, 3.8) is 0 Å². The first kappa shape index (κ1) is 30.3. The number of hydrogen-bond acceptors (Lipinski definition) is 6. The zero-order valence-corrected chi connectivity index (χ0v) is 25.0. The number of nitrogens with one attached hydrogen (secondary N) is 2. The van der Waals surface area contributed by atoms with Gasteiger partial charge in [-0.2, -0.15) is 0 Å². The molecular weight excluding hydrogens is 510 g/mol. The van der Waals surface area contributed by atoms with Crippen LogP contribution in [0.4, 0.5) is 5.69 Å². The van der Waals surface area contributed by atoms with Gasteiger partial charge in [-0.05, 0) is 69.7 Å². The van der Waals surface area contributed by atoms with Crippen molar-refractivity contribution in [2.24, 2.45) is 23.7 Å². The number of likely N-dealkylation sites (tertiary alicyclic amines) is 1. The van der Waals surface area contributed by atoms with Crippen molar-refractivity contribution in [1.29, 1.82) is 0 Å². The molecule has 0 radical (unpaired) electrons. The summed E-state index contributed by atoms with van der Waals surface area (Å²) >= 11 is 0. The average Bonchev–Trinajstić information content (AvgIpc) is 3.42. The van der Waals surface area contributed by atoms with Crippen LogP contribution in [0.1, 0.15) is 74.1 Å². The van der Waals surface area contributed by atoms with Crippen LogP contribution < -0.4 is 15.4 Å². The number of ether oxygens (including phenoxy) is 2. The Morgan fingerprint density at radius 1 is 1.18 bits per heavy atom. The fourth-order valence-corrected chi connectivity index (χ4v) is 7.40. The topological polar surface area (TPSA) is 117 Å². The Kier molecular flexibility index (Phi) is 8.85. The van der Waals surface area contributed by atoms with E-state index in [0.29, 0.717) is 24.5 Å². The molecule has 9 atom stereocenters. The van der Waals surface area contributed by atoms with Gasteiger partial charge in [-0.15, -0.1) is 0 Å². The Balaban J connectivity index is 1.74. The van der Waals surface area contributed by atoms with Crippen LogP contribution in [0.3, 0.4) is 0 Å². The predicted molar refractivity (Wildman–Crippen MR) is 153 cm³/mol. The number of hydrogen-bond donors (Lipinski definition) is 3. The van der Waals surface area contributed by atoms with E-state index in [9.17, 15) is 19.5 Å². The van der Waals surface area contributed by atoms with E-state index in [1.807, 2.05) is 41.5 Å². The monoisotopic (exact) mass is 557 g/mol. The van der Waals surface area contributed by atoms with Crippen molar-refractivity contribution in [2.45, 2.75) is 103 Å². The molecule has 3 saturated heterocycles. The van der Waals surface area contributed by atoms with E-state index in [4.69, 9.17) is 9.47 Å². The van der Waals surface area contributed by atoms with Gasteiger partial charge in [0.1, 0.15) is 17.4 Å². The number of rotatable bonds is 12. The molecule has 3 fully saturated rings. The van der Waals surface area contributed by atoms with E-state index in [2.05, 4.69) is 17.6 Å². The fourth-order valence-electron chi connectivity index (χ4n) is 7.40. The summed E-state index contributed by atoms with van der Waals surface area (Å²) in [7, 11) is 0. The van der Waals surface area contributed by atoms with E-state index < -0.39 is 35.1 Å². The SMILES string of the molecule is CCCC(C)NC(=O)C1N([C@@H](CO)[C@@H](C)CC)C(=O)[C@@H]2[C@@H](C(=O)Nc3ccc(OCC)cc3)[C@]3(C)OC12CC3C. The summed E-state index contributed by atoms with van der Waals surface area (Å²) in [5.74, 6) is -1.89. The zero-order valence-electron chi connectivity index (χ0n) is 25.0. The van der Waals surface area contributed by atoms with E-state index in [-0.39, 0.29) is 42.2 Å². The Hall–Kier alpha value is -2.65. The maximum absolute atomic E-state index is 14.4. The van der Waals surface area contributed by atoms with Crippen LogP contribution in [-0.2, 0) is 19.1 Å². The van der Waals surface area contributed by atoms with Gasteiger partial charge in [-0.1, -0.05) is 40.5 Å². The number of benzene rings is 1. The molecule has 1 aromatic rings. The summed E-state index contributed by atoms with van der Waals surface area (Å²) in [6.07, 6.45) is 2.93. The molecule has 3 aliphatic rings. The molecule has 4 rings (SSSR count). The summed E-state index contributed by atoms with van der Waals surface area (Å²) in [6.45, 7) is 14.1. The number of anilines is 1. The molecule has 0 aliphatic carbocycles. The number of aliphatic hydroxyl groups is 1. The smallest absolute Gasteiger partial charge is 0.246 e. The standard InChI is InChI=1S/C31H47N3O6/c1-8-11-20(6)32-28(37)26-31-16-19(5)30(7,40-31)24(25(31)29(38)34(26)23(17-35)18(4)9-2)27(36)33-21-12-14-22(15-13-21)39-10-3/h12-15,18-20,23-26,35H,8-11,16-17H2,1-7H3,(H,32,37)(H,33,36)/t18-,19?,20?,23-,24-,25-,26?,30+,31?/m0/s1. The van der Waals surface area contributed by atoms with Gasteiger partial charge in [0.05, 0.1) is 36.7 Å². The average molecular weight is 558 g/mol. The van der Waals surface area contributed by atoms with Gasteiger partial charge in [0.2, 0.25) is 17.7 Å². The quantitative estimate of drug-likeness (QED) is 0.360. The van der Waals surface area contributed by atoms with Crippen molar-refractivity contribution in [1.82, 2.24) is 10.2 Å². The highest BCUT2D eigenvalue weighted by atomic mass is 16.5. The van der Waals surface area contributed by atoms with E-state index in [0.717, 1.165) is 19.3 Å². The molecule has 3 N–H and O–H groups in total. The van der Waals surface area contributed by atoms with Crippen molar-refractivity contribution in [2.75, 3.05) is 18.5 Å². The summed E-state index contributed by atoms with van der Waals surface area (Å²) < 4.78 is 12.3. The maximum Gasteiger partial charge on any atom is 0.246 e. The van der Waals surface area contributed by atoms with E-state index in [1.54, 1.807) is 29.2 Å². The predicted octanol–water partition coefficient (Wildman–Crippen LogP) is 3.75. The number of carbonyl (C=O) groups excluding carboxylic acids is 3. The highest BCUT2D eigenvalue weighted by Crippen LogP contribution is 2.65. The lowest BCUT2D eigenvalue weighted by Crippen LogP contribution is -2.60. The van der Waals surface area contributed by atoms with Gasteiger partial charge in [-0.25, -0.2) is 0 Å². The first-order chi connectivity index (χ1) is 19.0. The van der Waals surface area contributed by atoms with E-state index >= 15 is 0 Å². The van der Waals surface area contributed by atoms with Gasteiger partial charge < -0.3 is 30.1 Å². The Bertz CT molecular complexity index is 1100. The lowest BCUT2D eigenvalue weighted by molar-refractivity contribution is -0.151. The van der Waals surface area contributed by atoms with Crippen LogP contribution in [0.15, 0.2) is 24.3 Å². The summed E-state index contributed by atoms with van der Waals surface area (Å²) in [5, 5.41) is 16.6. The van der Waals surface area contributed by atoms with Crippen LogP contribution in [0.2, 0.25) is 0 Å². The largest absolute Gasteiger partial charge is 0.494 e. The van der Waals surface area contributed by atoms with Crippen LogP contribution in [-0.4, -0.2) is 70.3 Å². The molecule has 4 unspecified atom stereocenters. The molecular formula is C31H47N3O6. The second kappa shape index (κ2) is 11.7. The second-order valence-electron chi connectivity index (χ2n) is 12.2. The first-order valence-corrected chi connectivity index (χ1v) is 15.0. The third kappa shape index (κ3) is 4.89. The molecule has 3 amide bonds. The second-order valence-corrected chi connectivity index (χ2v) is 12.2. The maximum atomic E-state index is 14.4. The minimum Gasteiger partial charge on any atom is -0.494 e. The molecule has 9 heteroatoms. The molecule has 1 spiro atoms. The summed E-state index contributed by atoms with van der Waals surface area (Å²) in [4.78, 5) is 44.0. The van der Waals surface area contributed by atoms with Gasteiger partial charge in [0.25, 0.3) is 0 Å². The molecule has 222 valence electrons. The number of nitrogens with zero attached hydrogens (tertiary/aromatic N) is 1. The fraction of sp³-hybridized carbons (Fsp3) is 0.710. The normalized spacial score (nSPS) is 32.9. The minimum absolute atomic E-state index is 0.0473. The Labute approximate surface area is 238 Å². The zero-order chi connectivity index (χ0) is 29.4. The van der Waals surface area contributed by atoms with Gasteiger partial charge >= 0.3 is 0 Å². The number of aliphatic hydroxyl groups excluding tert-OH is 1. The van der Waals surface area contributed by atoms with Crippen molar-refractivity contribution < 1.29 is 29.0 Å². The minimum atomic E-state index is -1.15. The molecule has 0 saturated carbocycles. The highest BCUT2D eigenvalue weighted by Gasteiger charge is 2.80. The lowest BCUT2D eigenvalue weighted by Gasteiger charge is -2.39. The number of amides is 3. The highest BCUT2D eigenvalue weighted by molar-refractivity contribution is 6.02. The molecule has 40 heavy (non-hydrogen) atoms. The van der Waals surface area contributed by atoms with Crippen molar-refractivity contribution in [3.05, 3.63) is 24.3 Å². The van der Waals surface area contributed by atoms with Gasteiger partial charge in [0.15, 0.2) is 0 Å². The van der Waals surface area contributed by atoms with Crippen LogP contribution in [0.5, 0.6) is 5.75 Å². The van der Waals surface area contributed by atoms with Crippen LogP contribution in [0, 0.1) is 23.7 Å². The molecule has 0 aromatic heterocycles. The molecule has 9 nitrogen and oxygen atoms in total. The van der Waals surface area contributed by atoms with E-state index in [1.165, 1.54) is 0 Å². The van der Waals surface area contributed by atoms with Crippen molar-refractivity contribution in [3.8, 4) is 5.75 Å². The third-order valence-electron chi connectivity index (χ3n) is 9.67. The molecule has 3 heterocycles. The lowest BCUT2D eigenvalue weighted by atomic mass is 9.62. The van der Waals surface area contributed by atoms with Crippen LogP contribution in [0.25, 0.3) is 0 Å². The van der Waals surface area contributed by atoms with Crippen LogP contribution >= 0.6 is 0 Å². The molecule has 1 aromatic carbocycles. The number of carbonyl (C=O) groups is 3. The summed E-state index contributed by atoms with van der Waals surface area (Å²) in [6, 6.07) is 5.57. The Morgan fingerprint density at radius 3 is 2.42 bits per heavy atom. The van der Waals surface area contributed by atoms with Gasteiger partial charge in [-0.3, -0.25) is 14.4 Å². The van der Waals surface area contributed by atoms with Gasteiger partial charge in [0, 0.05) is 11.7 Å². The Morgan fingerprint density at radius 2 is 1.85 bits per heavy atom. The number of fused-ring (bicyclic) bond motifs is 1. The summed E-state index contributed by atoms with van der Waals surface area (Å²) in [5.41, 5.74) is -1.47.